The van der Waals surface area contributed by atoms with E-state index in [0.717, 1.165) is 154 Å². The molecule has 4 N–H and O–H groups in total. The van der Waals surface area contributed by atoms with Crippen LogP contribution in [0, 0.1) is 0 Å². The monoisotopic (exact) mass is 1700 g/mol. The molecule has 5 unspecified atom stereocenters. The highest BCUT2D eigenvalue weighted by Gasteiger charge is 2.29. The summed E-state index contributed by atoms with van der Waals surface area (Å²) in [7, 11) is -9.83. The van der Waals surface area contributed by atoms with Crippen LogP contribution in [0.5, 0.6) is 0 Å². The largest absolute Gasteiger partial charge is 0.472 e. The predicted molar refractivity (Wildman–Crippen MR) is 500 cm³/mol. The highest BCUT2D eigenvalue weighted by molar-refractivity contribution is 7.47. The number of carbonyl (C=O) groups excluding carboxylic acids is 3. The van der Waals surface area contributed by atoms with Crippen LogP contribution in [0.25, 0.3) is 0 Å². The van der Waals surface area contributed by atoms with Gasteiger partial charge in [-0.2, -0.15) is 0 Å². The zero-order chi connectivity index (χ0) is 86.5. The first-order valence-electron chi connectivity index (χ1n) is 47.4. The van der Waals surface area contributed by atoms with Gasteiger partial charge in [-0.15, -0.1) is 0 Å². The van der Waals surface area contributed by atoms with Crippen LogP contribution in [0.3, 0.4) is 0 Å². The number of phosphoric acid groups is 2. The van der Waals surface area contributed by atoms with Gasteiger partial charge in [0, 0.05) is 19.3 Å². The van der Waals surface area contributed by atoms with E-state index in [1.807, 2.05) is 0 Å². The first-order valence-corrected chi connectivity index (χ1v) is 50.4. The molecule has 0 aromatic heterocycles. The minimum absolute atomic E-state index is 0.0692. The molecule has 18 heteroatoms. The van der Waals surface area contributed by atoms with Crippen LogP contribution in [0.2, 0.25) is 0 Å². The summed E-state index contributed by atoms with van der Waals surface area (Å²) in [5.41, 5.74) is 0. The quantitative estimate of drug-likeness (QED) is 0.0146. The Morgan fingerprint density at radius 3 is 0.706 bits per heavy atom. The summed E-state index contributed by atoms with van der Waals surface area (Å²) in [6.45, 7) is 2.52. The number of aliphatic hydroxyl groups is 2. The smallest absolute Gasteiger partial charge is 0.463 e. The summed E-state index contributed by atoms with van der Waals surface area (Å²) in [5.74, 6) is -1.60. The summed E-state index contributed by atoms with van der Waals surface area (Å²) in [6, 6.07) is 0. The minimum Gasteiger partial charge on any atom is -0.463 e. The lowest BCUT2D eigenvalue weighted by atomic mass is 10.0. The van der Waals surface area contributed by atoms with E-state index >= 15 is 0 Å². The SMILES string of the molecule is CC/C=C\C/C=C\C/C=C\C/C=C\C/C=C\C/C=C\CCCCCCC(=O)OC(COC(=O)CCCCCCCCCCCCC/C=C\C/C=C\C/C=C\C/C=C\CCCCC)COP(=O)(O)OCC(O)COP(=O)(O)OCC(O)COC(=O)CCCCCCCCCCCCCCCCCCC/C=C\C/C=C\C/C=C\C/C=C\CCCCC. The fraction of sp³-hybridized carbons (Fsp3) is 0.693. The topological polar surface area (TPSA) is 231 Å². The number of allylic oxidation sites excluding steroid dienone is 28. The molecule has 682 valence electrons. The predicted octanol–water partition coefficient (Wildman–Crippen LogP) is 29.4. The van der Waals surface area contributed by atoms with Gasteiger partial charge in [0.2, 0.25) is 0 Å². The highest BCUT2D eigenvalue weighted by atomic mass is 31.2. The Bertz CT molecular complexity index is 2840. The molecule has 0 saturated carbocycles. The number of ether oxygens (including phenoxy) is 3. The molecule has 0 aliphatic heterocycles. The second-order valence-electron chi connectivity index (χ2n) is 31.4. The molecule has 0 bridgehead atoms. The first-order chi connectivity index (χ1) is 58.2. The molecule has 0 amide bonds. The number of carbonyl (C=O) groups is 3. The molecule has 0 heterocycles. The molecule has 0 aliphatic rings. The summed E-state index contributed by atoms with van der Waals surface area (Å²) >= 11 is 0. The summed E-state index contributed by atoms with van der Waals surface area (Å²) < 4.78 is 61.5. The van der Waals surface area contributed by atoms with Gasteiger partial charge in [-0.1, -0.05) is 384 Å². The fourth-order valence-corrected chi connectivity index (χ4v) is 14.3. The second-order valence-corrected chi connectivity index (χ2v) is 34.3. The molecule has 16 nitrogen and oxygen atoms in total. The first kappa shape index (κ1) is 114. The minimum atomic E-state index is -4.95. The molecule has 0 rings (SSSR count). The maximum Gasteiger partial charge on any atom is 0.472 e. The Hall–Kier alpha value is -5.09. The van der Waals surface area contributed by atoms with E-state index in [1.54, 1.807) is 0 Å². The van der Waals surface area contributed by atoms with Gasteiger partial charge in [-0.25, -0.2) is 9.13 Å². The zero-order valence-electron chi connectivity index (χ0n) is 75.2. The van der Waals surface area contributed by atoms with Crippen molar-refractivity contribution in [1.82, 2.24) is 0 Å². The molecule has 0 aliphatic carbocycles. The number of unbranched alkanes of at least 4 members (excludes halogenated alkanes) is 38. The average Bonchev–Trinajstić information content (AvgIpc) is 0.902. The van der Waals surface area contributed by atoms with Crippen molar-refractivity contribution in [3.8, 4) is 0 Å². The Kier molecular flexibility index (Phi) is 88.2. The maximum absolute atomic E-state index is 13.1. The molecular weight excluding hydrogens is 1530 g/mol. The molecule has 0 spiro atoms. The summed E-state index contributed by atoms with van der Waals surface area (Å²) in [4.78, 5) is 59.0. The van der Waals surface area contributed by atoms with Gasteiger partial charge < -0.3 is 34.2 Å². The van der Waals surface area contributed by atoms with Crippen molar-refractivity contribution in [1.29, 1.82) is 0 Å². The van der Waals surface area contributed by atoms with Crippen LogP contribution < -0.4 is 0 Å². The number of hydrogen-bond donors (Lipinski definition) is 4. The van der Waals surface area contributed by atoms with E-state index in [9.17, 15) is 43.5 Å². The van der Waals surface area contributed by atoms with E-state index < -0.39 is 91.5 Å². The number of rotatable bonds is 89. The third kappa shape index (κ3) is 93.5. The fourth-order valence-electron chi connectivity index (χ4n) is 12.7. The van der Waals surface area contributed by atoms with Gasteiger partial charge in [0.05, 0.1) is 26.4 Å². The molecule has 0 radical (unpaired) electrons. The van der Waals surface area contributed by atoms with Crippen LogP contribution in [0.1, 0.15) is 393 Å². The van der Waals surface area contributed by atoms with E-state index in [1.165, 1.54) is 180 Å². The van der Waals surface area contributed by atoms with Gasteiger partial charge in [-0.3, -0.25) is 32.5 Å². The Morgan fingerprint density at radius 2 is 0.445 bits per heavy atom. The van der Waals surface area contributed by atoms with Gasteiger partial charge >= 0.3 is 33.6 Å². The average molecular weight is 1700 g/mol. The van der Waals surface area contributed by atoms with Crippen molar-refractivity contribution in [2.75, 3.05) is 39.6 Å². The van der Waals surface area contributed by atoms with Gasteiger partial charge in [-0.05, 0) is 161 Å². The number of aliphatic hydroxyl groups excluding tert-OH is 2. The lowest BCUT2D eigenvalue weighted by molar-refractivity contribution is -0.161. The molecular formula is C101H172O16P2. The van der Waals surface area contributed by atoms with Gasteiger partial charge in [0.25, 0.3) is 0 Å². The standard InChI is InChI=1S/C101H172O16P2/c1-4-7-10-13-16-19-22-25-28-31-34-37-40-42-44-45-46-47-48-49-51-53-55-57-60-63-66-69-72-75-78-81-84-87-99(104)111-90-96(102)91-113-118(107,108)114-92-97(103)93-115-119(109,110)116-95-98(117-101(106)89-86-83-80-77-74-71-68-65-62-59-54-39-36-33-30-27-24-21-18-15-12-9-6-3)94-112-100(105)88-85-82-79-76-73-70-67-64-61-58-56-52-50-43-41-38-35-32-29-26-23-20-17-14-11-8-5-2/h9,12,16-21,25-30,34-39,42-44,50,59,62,68,71,96-98,102-103H,4-8,10-11,13-15,22-24,31-33,40-41,45-49,51-58,60-61,63-67,69-70,72-95H2,1-3H3,(H,107,108)(H,109,110)/b12-9-,19-16-,20-17-,21-18-,28-25-,29-26-,30-27-,37-34-,38-35-,39-36-,44-42-,50-43-,62-59-,71-68-. The molecule has 119 heavy (non-hydrogen) atoms. The van der Waals surface area contributed by atoms with E-state index in [0.29, 0.717) is 19.3 Å². The summed E-state index contributed by atoms with van der Waals surface area (Å²) in [5, 5.41) is 20.8. The lowest BCUT2D eigenvalue weighted by Gasteiger charge is -2.21. The van der Waals surface area contributed by atoms with Crippen molar-refractivity contribution in [2.45, 2.75) is 411 Å². The van der Waals surface area contributed by atoms with Crippen molar-refractivity contribution in [2.24, 2.45) is 0 Å². The van der Waals surface area contributed by atoms with Crippen molar-refractivity contribution >= 4 is 33.6 Å². The van der Waals surface area contributed by atoms with Gasteiger partial charge in [0.15, 0.2) is 6.10 Å². The molecule has 0 aromatic carbocycles. The number of esters is 3. The van der Waals surface area contributed by atoms with Crippen molar-refractivity contribution in [3.63, 3.8) is 0 Å². The van der Waals surface area contributed by atoms with Crippen LogP contribution in [-0.4, -0.2) is 95.9 Å². The van der Waals surface area contributed by atoms with Crippen LogP contribution >= 0.6 is 15.6 Å². The van der Waals surface area contributed by atoms with E-state index in [2.05, 4.69) is 191 Å². The van der Waals surface area contributed by atoms with Crippen molar-refractivity contribution in [3.05, 3.63) is 170 Å². The third-order valence-corrected chi connectivity index (χ3v) is 21.8. The highest BCUT2D eigenvalue weighted by Crippen LogP contribution is 2.45. The Balaban J connectivity index is 4.61. The zero-order valence-corrected chi connectivity index (χ0v) is 77.0. The lowest BCUT2D eigenvalue weighted by Crippen LogP contribution is -2.30. The van der Waals surface area contributed by atoms with Crippen LogP contribution in [-0.2, 0) is 55.8 Å². The third-order valence-electron chi connectivity index (χ3n) is 19.9. The Labute approximate surface area is 726 Å². The number of hydrogen-bond acceptors (Lipinski definition) is 14. The normalized spacial score (nSPS) is 14.5. The molecule has 0 fully saturated rings. The van der Waals surface area contributed by atoms with Gasteiger partial charge in [0.1, 0.15) is 25.4 Å². The Morgan fingerprint density at radius 1 is 0.244 bits per heavy atom. The summed E-state index contributed by atoms with van der Waals surface area (Å²) in [6.07, 6.45) is 120. The molecule has 5 atom stereocenters. The molecule has 0 aromatic rings. The van der Waals surface area contributed by atoms with Crippen LogP contribution in [0.15, 0.2) is 170 Å². The van der Waals surface area contributed by atoms with Crippen molar-refractivity contribution < 1.29 is 75.8 Å². The van der Waals surface area contributed by atoms with E-state index in [-0.39, 0.29) is 19.3 Å². The van der Waals surface area contributed by atoms with Crippen LogP contribution in [0.4, 0.5) is 0 Å². The number of phosphoric ester groups is 2. The van der Waals surface area contributed by atoms with E-state index in [4.69, 9.17) is 32.3 Å². The second kappa shape index (κ2) is 92.1. The molecule has 0 saturated heterocycles. The maximum atomic E-state index is 13.1.